The van der Waals surface area contributed by atoms with Crippen LogP contribution in [0.2, 0.25) is 0 Å². The van der Waals surface area contributed by atoms with Crippen LogP contribution in [-0.2, 0) is 0 Å². The zero-order valence-electron chi connectivity index (χ0n) is 11.4. The maximum atomic E-state index is 2.63. The van der Waals surface area contributed by atoms with Gasteiger partial charge in [0.2, 0.25) is 0 Å². The first-order chi connectivity index (χ1) is 7.81. The Kier molecular flexibility index (Phi) is 14.4. The van der Waals surface area contributed by atoms with Crippen molar-refractivity contribution in [1.29, 1.82) is 0 Å². The Morgan fingerprint density at radius 1 is 0.625 bits per heavy atom. The number of unbranched alkanes of at least 4 members (excludes halogenated alkanes) is 8. The number of hydrogen-bond donors (Lipinski definition) is 0. The molecule has 0 heterocycles. The van der Waals surface area contributed by atoms with E-state index in [4.69, 9.17) is 0 Å². The lowest BCUT2D eigenvalue weighted by molar-refractivity contribution is 0.550. The summed E-state index contributed by atoms with van der Waals surface area (Å²) in [7, 11) is 0. The fourth-order valence-electron chi connectivity index (χ4n) is 2.13. The monoisotopic (exact) mass is 338 g/mol. The van der Waals surface area contributed by atoms with Crippen LogP contribution in [0.5, 0.6) is 0 Å². The summed E-state index contributed by atoms with van der Waals surface area (Å²) in [6.45, 7) is 4.58. The standard InChI is InChI=1S/C15H31I/c1-3-5-6-7-8-9-10-11-12-14-15(16)13-4-2/h15H,3-14H2,1-2H3. The zero-order valence-corrected chi connectivity index (χ0v) is 13.6. The first kappa shape index (κ1) is 16.7. The van der Waals surface area contributed by atoms with Crippen molar-refractivity contribution in [2.45, 2.75) is 94.8 Å². The van der Waals surface area contributed by atoms with Gasteiger partial charge in [-0.2, -0.15) is 0 Å². The van der Waals surface area contributed by atoms with Crippen molar-refractivity contribution in [1.82, 2.24) is 0 Å². The van der Waals surface area contributed by atoms with Gasteiger partial charge in [-0.05, 0) is 12.8 Å². The van der Waals surface area contributed by atoms with Crippen LogP contribution >= 0.6 is 22.6 Å². The molecule has 0 spiro atoms. The van der Waals surface area contributed by atoms with E-state index in [0.29, 0.717) is 0 Å². The van der Waals surface area contributed by atoms with E-state index in [0.717, 1.165) is 3.92 Å². The molecule has 0 rings (SSSR count). The molecule has 1 unspecified atom stereocenters. The van der Waals surface area contributed by atoms with E-state index in [1.54, 1.807) is 0 Å². The molecule has 0 N–H and O–H groups in total. The molecule has 1 atom stereocenters. The molecule has 0 fully saturated rings. The van der Waals surface area contributed by atoms with Crippen LogP contribution < -0.4 is 0 Å². The molecular weight excluding hydrogens is 307 g/mol. The first-order valence-electron chi connectivity index (χ1n) is 7.45. The van der Waals surface area contributed by atoms with Crippen LogP contribution in [0.4, 0.5) is 0 Å². The molecule has 16 heavy (non-hydrogen) atoms. The molecule has 0 aromatic carbocycles. The molecule has 0 aliphatic heterocycles. The van der Waals surface area contributed by atoms with Crippen molar-refractivity contribution in [2.24, 2.45) is 0 Å². The maximum absolute atomic E-state index is 2.63. The van der Waals surface area contributed by atoms with Gasteiger partial charge in [-0.1, -0.05) is 101 Å². The van der Waals surface area contributed by atoms with Crippen molar-refractivity contribution in [2.75, 3.05) is 0 Å². The minimum absolute atomic E-state index is 0.937. The molecule has 0 nitrogen and oxygen atoms in total. The lowest BCUT2D eigenvalue weighted by Gasteiger charge is -2.07. The molecule has 0 amide bonds. The van der Waals surface area contributed by atoms with Crippen LogP contribution in [0, 0.1) is 0 Å². The molecule has 0 bridgehead atoms. The Balaban J connectivity index is 2.98. The fraction of sp³-hybridized carbons (Fsp3) is 1.00. The van der Waals surface area contributed by atoms with Crippen LogP contribution in [0.3, 0.4) is 0 Å². The highest BCUT2D eigenvalue weighted by atomic mass is 127. The lowest BCUT2D eigenvalue weighted by atomic mass is 10.0. The molecule has 0 aliphatic carbocycles. The topological polar surface area (TPSA) is 0 Å². The van der Waals surface area contributed by atoms with Crippen molar-refractivity contribution in [3.05, 3.63) is 0 Å². The Hall–Kier alpha value is 0.730. The largest absolute Gasteiger partial charge is 0.0826 e. The van der Waals surface area contributed by atoms with Gasteiger partial charge in [0.1, 0.15) is 0 Å². The number of alkyl halides is 1. The quantitative estimate of drug-likeness (QED) is 0.216. The molecule has 0 aromatic heterocycles. The van der Waals surface area contributed by atoms with Crippen molar-refractivity contribution in [3.63, 3.8) is 0 Å². The summed E-state index contributed by atoms with van der Waals surface area (Å²) in [6, 6.07) is 0. The van der Waals surface area contributed by atoms with Gasteiger partial charge in [0.25, 0.3) is 0 Å². The van der Waals surface area contributed by atoms with E-state index >= 15 is 0 Å². The summed E-state index contributed by atoms with van der Waals surface area (Å²) < 4.78 is 0.937. The molecule has 0 saturated carbocycles. The smallest absolute Gasteiger partial charge is 0.0109 e. The Morgan fingerprint density at radius 3 is 1.62 bits per heavy atom. The highest BCUT2D eigenvalue weighted by molar-refractivity contribution is 14.1. The molecule has 0 saturated heterocycles. The van der Waals surface area contributed by atoms with Gasteiger partial charge in [-0.25, -0.2) is 0 Å². The predicted molar refractivity (Wildman–Crippen MR) is 84.6 cm³/mol. The van der Waals surface area contributed by atoms with Gasteiger partial charge < -0.3 is 0 Å². The normalized spacial score (nSPS) is 12.9. The molecule has 0 aromatic rings. The summed E-state index contributed by atoms with van der Waals surface area (Å²) in [6.07, 6.45) is 17.3. The van der Waals surface area contributed by atoms with Gasteiger partial charge in [0.15, 0.2) is 0 Å². The van der Waals surface area contributed by atoms with Crippen molar-refractivity contribution < 1.29 is 0 Å². The fourth-order valence-corrected chi connectivity index (χ4v) is 3.20. The Morgan fingerprint density at radius 2 is 1.12 bits per heavy atom. The average Bonchev–Trinajstić information content (AvgIpc) is 2.27. The van der Waals surface area contributed by atoms with E-state index in [9.17, 15) is 0 Å². The van der Waals surface area contributed by atoms with E-state index in [1.165, 1.54) is 77.0 Å². The summed E-state index contributed by atoms with van der Waals surface area (Å²) in [4.78, 5) is 0. The van der Waals surface area contributed by atoms with Crippen LogP contribution in [-0.4, -0.2) is 3.92 Å². The van der Waals surface area contributed by atoms with Gasteiger partial charge in [0.05, 0.1) is 0 Å². The van der Waals surface area contributed by atoms with Crippen LogP contribution in [0.1, 0.15) is 90.9 Å². The summed E-state index contributed by atoms with van der Waals surface area (Å²) >= 11 is 2.63. The average molecular weight is 338 g/mol. The van der Waals surface area contributed by atoms with E-state index < -0.39 is 0 Å². The lowest BCUT2D eigenvalue weighted by Crippen LogP contribution is -1.96. The molecule has 1 heteroatoms. The van der Waals surface area contributed by atoms with Crippen molar-refractivity contribution >= 4 is 22.6 Å². The van der Waals surface area contributed by atoms with E-state index in [2.05, 4.69) is 36.4 Å². The third kappa shape index (κ3) is 12.8. The molecule has 0 aliphatic rings. The third-order valence-corrected chi connectivity index (χ3v) is 4.47. The maximum Gasteiger partial charge on any atom is 0.0109 e. The Bertz CT molecular complexity index is 123. The minimum atomic E-state index is 0.937. The van der Waals surface area contributed by atoms with Crippen LogP contribution in [0.15, 0.2) is 0 Å². The van der Waals surface area contributed by atoms with Gasteiger partial charge in [0, 0.05) is 3.92 Å². The third-order valence-electron chi connectivity index (χ3n) is 3.22. The first-order valence-corrected chi connectivity index (χ1v) is 8.69. The highest BCUT2D eigenvalue weighted by Gasteiger charge is 2.01. The molecule has 98 valence electrons. The summed E-state index contributed by atoms with van der Waals surface area (Å²) in [5, 5.41) is 0. The van der Waals surface area contributed by atoms with Crippen LogP contribution in [0.25, 0.3) is 0 Å². The van der Waals surface area contributed by atoms with Crippen molar-refractivity contribution in [3.8, 4) is 0 Å². The summed E-state index contributed by atoms with van der Waals surface area (Å²) in [5.74, 6) is 0. The molecule has 0 radical (unpaired) electrons. The Labute approximate surface area is 117 Å². The SMILES string of the molecule is CCCCCCCCCCCC(I)CCC. The van der Waals surface area contributed by atoms with Gasteiger partial charge in [-0.15, -0.1) is 0 Å². The second-order valence-corrected chi connectivity index (χ2v) is 6.76. The zero-order chi connectivity index (χ0) is 12.1. The second-order valence-electron chi connectivity index (χ2n) is 5.00. The number of rotatable bonds is 12. The predicted octanol–water partition coefficient (Wildman–Crippen LogP) is 6.51. The van der Waals surface area contributed by atoms with Gasteiger partial charge in [-0.3, -0.25) is 0 Å². The van der Waals surface area contributed by atoms with E-state index in [-0.39, 0.29) is 0 Å². The number of hydrogen-bond acceptors (Lipinski definition) is 0. The highest BCUT2D eigenvalue weighted by Crippen LogP contribution is 2.17. The van der Waals surface area contributed by atoms with Gasteiger partial charge >= 0.3 is 0 Å². The summed E-state index contributed by atoms with van der Waals surface area (Å²) in [5.41, 5.74) is 0. The number of halogens is 1. The minimum Gasteiger partial charge on any atom is -0.0826 e. The second kappa shape index (κ2) is 13.8. The molecular formula is C15H31I. The van der Waals surface area contributed by atoms with E-state index in [1.807, 2.05) is 0 Å².